The molecule has 1 saturated carbocycles. The highest BCUT2D eigenvalue weighted by atomic mass is 35.5. The summed E-state index contributed by atoms with van der Waals surface area (Å²) in [6, 6.07) is 8.08. The van der Waals surface area contributed by atoms with Gasteiger partial charge in [-0.3, -0.25) is 0 Å². The minimum Gasteiger partial charge on any atom is -0.497 e. The number of alkyl halides is 1. The summed E-state index contributed by atoms with van der Waals surface area (Å²) in [6.07, 6.45) is 4.84. The maximum absolute atomic E-state index is 6.29. The zero-order chi connectivity index (χ0) is 13.5. The van der Waals surface area contributed by atoms with E-state index in [0.717, 1.165) is 24.5 Å². The minimum atomic E-state index is 0.273. The summed E-state index contributed by atoms with van der Waals surface area (Å²) in [7, 11) is 1.66. The van der Waals surface area contributed by atoms with Crippen LogP contribution in [0, 0.1) is 0 Å². The van der Waals surface area contributed by atoms with E-state index in [0.29, 0.717) is 12.6 Å². The Bertz CT molecular complexity index is 369. The molecule has 1 aliphatic carbocycles. The third-order valence-corrected chi connectivity index (χ3v) is 4.04. The molecular weight excluding hydrogens is 262 g/mol. The summed E-state index contributed by atoms with van der Waals surface area (Å²) in [5.74, 6) is 1.71. The van der Waals surface area contributed by atoms with Crippen molar-refractivity contribution in [3.8, 4) is 11.5 Å². The summed E-state index contributed by atoms with van der Waals surface area (Å²) < 4.78 is 10.8. The van der Waals surface area contributed by atoms with E-state index in [2.05, 4.69) is 5.32 Å². The van der Waals surface area contributed by atoms with Gasteiger partial charge in [0, 0.05) is 18.0 Å². The molecule has 0 amide bonds. The quantitative estimate of drug-likeness (QED) is 0.642. The second-order valence-electron chi connectivity index (χ2n) is 4.89. The van der Waals surface area contributed by atoms with Crippen molar-refractivity contribution < 1.29 is 9.47 Å². The summed E-state index contributed by atoms with van der Waals surface area (Å²) in [4.78, 5) is 0. The first kappa shape index (κ1) is 14.5. The number of methoxy groups -OCH3 is 1. The fourth-order valence-electron chi connectivity index (χ4n) is 2.40. The summed E-state index contributed by atoms with van der Waals surface area (Å²) in [5, 5.41) is 3.76. The maximum Gasteiger partial charge on any atom is 0.119 e. The van der Waals surface area contributed by atoms with Gasteiger partial charge in [-0.1, -0.05) is 12.8 Å². The van der Waals surface area contributed by atoms with Gasteiger partial charge < -0.3 is 14.8 Å². The smallest absolute Gasteiger partial charge is 0.119 e. The van der Waals surface area contributed by atoms with Gasteiger partial charge in [-0.15, -0.1) is 11.6 Å². The van der Waals surface area contributed by atoms with Gasteiger partial charge in [0.25, 0.3) is 0 Å². The van der Waals surface area contributed by atoms with Crippen molar-refractivity contribution in [2.24, 2.45) is 0 Å². The van der Waals surface area contributed by atoms with Gasteiger partial charge >= 0.3 is 0 Å². The number of halogens is 1. The average molecular weight is 284 g/mol. The number of rotatable bonds is 6. The van der Waals surface area contributed by atoms with E-state index in [1.165, 1.54) is 19.3 Å². The Morgan fingerprint density at radius 1 is 1.16 bits per heavy atom. The fraction of sp³-hybridized carbons (Fsp3) is 0.600. The first-order valence-electron chi connectivity index (χ1n) is 6.94. The van der Waals surface area contributed by atoms with E-state index in [4.69, 9.17) is 21.1 Å². The minimum absolute atomic E-state index is 0.273. The highest BCUT2D eigenvalue weighted by molar-refractivity contribution is 6.21. The molecule has 0 aromatic heterocycles. The molecule has 2 rings (SSSR count). The van der Waals surface area contributed by atoms with Gasteiger partial charge in [-0.05, 0) is 37.1 Å². The van der Waals surface area contributed by atoms with Gasteiger partial charge in [-0.2, -0.15) is 0 Å². The lowest BCUT2D eigenvalue weighted by atomic mass is 9.95. The van der Waals surface area contributed by atoms with Gasteiger partial charge in [-0.25, -0.2) is 0 Å². The standard InChI is InChI=1S/C15H22ClNO2/c1-18-12-6-8-13(9-7-12)19-11-10-17-15-5-3-2-4-14(15)16/h6-9,14-15,17H,2-5,10-11H2,1H3. The van der Waals surface area contributed by atoms with Crippen LogP contribution >= 0.6 is 11.6 Å². The molecule has 19 heavy (non-hydrogen) atoms. The molecular formula is C15H22ClNO2. The van der Waals surface area contributed by atoms with E-state index in [1.54, 1.807) is 7.11 Å². The molecule has 1 aromatic rings. The van der Waals surface area contributed by atoms with Crippen LogP contribution in [-0.4, -0.2) is 31.7 Å². The molecule has 4 heteroatoms. The van der Waals surface area contributed by atoms with Crippen molar-refractivity contribution in [1.29, 1.82) is 0 Å². The highest BCUT2D eigenvalue weighted by Crippen LogP contribution is 2.22. The third kappa shape index (κ3) is 4.59. The number of benzene rings is 1. The topological polar surface area (TPSA) is 30.5 Å². The molecule has 106 valence electrons. The molecule has 0 bridgehead atoms. The molecule has 2 atom stereocenters. The zero-order valence-electron chi connectivity index (χ0n) is 11.4. The van der Waals surface area contributed by atoms with E-state index in [1.807, 2.05) is 24.3 Å². The van der Waals surface area contributed by atoms with Crippen LogP contribution in [0.2, 0.25) is 0 Å². The molecule has 3 nitrogen and oxygen atoms in total. The Morgan fingerprint density at radius 3 is 2.53 bits per heavy atom. The van der Waals surface area contributed by atoms with Gasteiger partial charge in [0.1, 0.15) is 18.1 Å². The van der Waals surface area contributed by atoms with Crippen molar-refractivity contribution >= 4 is 11.6 Å². The van der Waals surface area contributed by atoms with Gasteiger partial charge in [0.15, 0.2) is 0 Å². The first-order valence-corrected chi connectivity index (χ1v) is 7.37. The first-order chi connectivity index (χ1) is 9.29. The molecule has 1 fully saturated rings. The summed E-state index contributed by atoms with van der Waals surface area (Å²) in [6.45, 7) is 1.49. The fourth-order valence-corrected chi connectivity index (χ4v) is 2.77. The molecule has 0 aliphatic heterocycles. The Kier molecular flexibility index (Phi) is 5.80. The molecule has 2 unspecified atom stereocenters. The molecule has 0 radical (unpaired) electrons. The second kappa shape index (κ2) is 7.61. The van der Waals surface area contributed by atoms with Crippen LogP contribution in [0.5, 0.6) is 11.5 Å². The van der Waals surface area contributed by atoms with Gasteiger partial charge in [0.05, 0.1) is 7.11 Å². The average Bonchev–Trinajstić information content (AvgIpc) is 2.46. The lowest BCUT2D eigenvalue weighted by Crippen LogP contribution is -2.41. The number of hydrogen-bond donors (Lipinski definition) is 1. The van der Waals surface area contributed by atoms with Crippen molar-refractivity contribution in [2.45, 2.75) is 37.1 Å². The van der Waals surface area contributed by atoms with Crippen LogP contribution in [0.4, 0.5) is 0 Å². The molecule has 1 aromatic carbocycles. The molecule has 1 aliphatic rings. The molecule has 0 heterocycles. The van der Waals surface area contributed by atoms with Crippen LogP contribution in [0.1, 0.15) is 25.7 Å². The molecule has 0 saturated heterocycles. The van der Waals surface area contributed by atoms with E-state index >= 15 is 0 Å². The maximum atomic E-state index is 6.29. The van der Waals surface area contributed by atoms with Crippen LogP contribution < -0.4 is 14.8 Å². The second-order valence-corrected chi connectivity index (χ2v) is 5.45. The number of nitrogens with one attached hydrogen (secondary N) is 1. The van der Waals surface area contributed by atoms with Crippen molar-refractivity contribution in [2.75, 3.05) is 20.3 Å². The van der Waals surface area contributed by atoms with E-state index < -0.39 is 0 Å². The predicted molar refractivity (Wildman–Crippen MR) is 78.4 cm³/mol. The van der Waals surface area contributed by atoms with Gasteiger partial charge in [0.2, 0.25) is 0 Å². The van der Waals surface area contributed by atoms with Crippen LogP contribution in [0.25, 0.3) is 0 Å². The monoisotopic (exact) mass is 283 g/mol. The van der Waals surface area contributed by atoms with Crippen LogP contribution in [-0.2, 0) is 0 Å². The largest absolute Gasteiger partial charge is 0.497 e. The highest BCUT2D eigenvalue weighted by Gasteiger charge is 2.21. The van der Waals surface area contributed by atoms with Crippen molar-refractivity contribution in [3.63, 3.8) is 0 Å². The van der Waals surface area contributed by atoms with E-state index in [-0.39, 0.29) is 5.38 Å². The van der Waals surface area contributed by atoms with Crippen molar-refractivity contribution in [3.05, 3.63) is 24.3 Å². The zero-order valence-corrected chi connectivity index (χ0v) is 12.2. The summed E-state index contributed by atoms with van der Waals surface area (Å²) in [5.41, 5.74) is 0. The molecule has 0 spiro atoms. The Morgan fingerprint density at radius 2 is 1.84 bits per heavy atom. The third-order valence-electron chi connectivity index (χ3n) is 3.52. The molecule has 1 N–H and O–H groups in total. The Balaban J connectivity index is 1.65. The SMILES string of the molecule is COc1ccc(OCCNC2CCCCC2Cl)cc1. The number of hydrogen-bond acceptors (Lipinski definition) is 3. The number of ether oxygens (including phenoxy) is 2. The van der Waals surface area contributed by atoms with E-state index in [9.17, 15) is 0 Å². The van der Waals surface area contributed by atoms with Crippen molar-refractivity contribution in [1.82, 2.24) is 5.32 Å². The lowest BCUT2D eigenvalue weighted by Gasteiger charge is -2.27. The summed E-state index contributed by atoms with van der Waals surface area (Å²) >= 11 is 6.29. The van der Waals surface area contributed by atoms with Crippen LogP contribution in [0.3, 0.4) is 0 Å². The lowest BCUT2D eigenvalue weighted by molar-refractivity contribution is 0.290. The van der Waals surface area contributed by atoms with Crippen LogP contribution in [0.15, 0.2) is 24.3 Å². The Hall–Kier alpha value is -0.930. The Labute approximate surface area is 120 Å². The predicted octanol–water partition coefficient (Wildman–Crippen LogP) is 3.21. The normalized spacial score (nSPS) is 23.1.